The number of aliphatic hydroxyl groups excluding tert-OH is 1. The van der Waals surface area contributed by atoms with Crippen LogP contribution < -0.4 is 5.32 Å². The van der Waals surface area contributed by atoms with Crippen LogP contribution in [0.15, 0.2) is 17.5 Å². The Balaban J connectivity index is 1.90. The molecule has 0 spiro atoms. The Morgan fingerprint density at radius 2 is 2.42 bits per heavy atom. The minimum Gasteiger partial charge on any atom is -0.394 e. The number of carbonyl (C=O) groups excluding carboxylic acids is 1. The highest BCUT2D eigenvalue weighted by Gasteiger charge is 2.29. The Morgan fingerprint density at radius 3 is 3.05 bits per heavy atom. The topological polar surface area (TPSA) is 52.6 Å². The summed E-state index contributed by atoms with van der Waals surface area (Å²) in [5.74, 6) is 0. The molecule has 1 aromatic rings. The highest BCUT2D eigenvalue weighted by molar-refractivity contribution is 7.10. The lowest BCUT2D eigenvalue weighted by molar-refractivity contribution is 0.156. The van der Waals surface area contributed by atoms with E-state index in [0.717, 1.165) is 19.4 Å². The lowest BCUT2D eigenvalue weighted by atomic mass is 9.91. The van der Waals surface area contributed by atoms with Crippen LogP contribution in [-0.2, 0) is 5.41 Å². The van der Waals surface area contributed by atoms with Crippen molar-refractivity contribution in [2.45, 2.75) is 38.1 Å². The predicted molar refractivity (Wildman–Crippen MR) is 77.6 cm³/mol. The standard InChI is InChI=1S/C14H22N2O2S/c1-14(2,12-6-4-8-19-12)10-15-13(18)16-7-3-5-11(16)9-17/h4,6,8,11,17H,3,5,7,9-10H2,1-2H3,(H,15,18)/t11-/m0/s1. The maximum Gasteiger partial charge on any atom is 0.317 e. The van der Waals surface area contributed by atoms with Crippen LogP contribution in [0.3, 0.4) is 0 Å². The SMILES string of the molecule is CC(C)(CNC(=O)N1CCC[C@H]1CO)c1cccs1. The molecule has 1 aliphatic rings. The minimum absolute atomic E-state index is 0.00940. The van der Waals surface area contributed by atoms with Gasteiger partial charge in [-0.1, -0.05) is 19.9 Å². The van der Waals surface area contributed by atoms with Gasteiger partial charge in [0.25, 0.3) is 0 Å². The number of carbonyl (C=O) groups is 1. The maximum absolute atomic E-state index is 12.1. The van der Waals surface area contributed by atoms with Crippen molar-refractivity contribution in [3.63, 3.8) is 0 Å². The molecule has 0 aromatic carbocycles. The summed E-state index contributed by atoms with van der Waals surface area (Å²) in [5.41, 5.74) is -0.0573. The summed E-state index contributed by atoms with van der Waals surface area (Å²) in [6.07, 6.45) is 1.88. The van der Waals surface area contributed by atoms with Crippen molar-refractivity contribution in [2.75, 3.05) is 19.7 Å². The van der Waals surface area contributed by atoms with Crippen molar-refractivity contribution in [2.24, 2.45) is 0 Å². The molecule has 106 valence electrons. The molecule has 1 fully saturated rings. The average Bonchev–Trinajstić information content (AvgIpc) is 3.06. The molecule has 1 saturated heterocycles. The van der Waals surface area contributed by atoms with Crippen LogP contribution in [0.2, 0.25) is 0 Å². The molecule has 1 aliphatic heterocycles. The summed E-state index contributed by atoms with van der Waals surface area (Å²) >= 11 is 1.71. The van der Waals surface area contributed by atoms with Gasteiger partial charge in [-0.3, -0.25) is 0 Å². The van der Waals surface area contributed by atoms with E-state index in [1.165, 1.54) is 4.88 Å². The smallest absolute Gasteiger partial charge is 0.317 e. The number of urea groups is 1. The number of thiophene rings is 1. The number of amides is 2. The van der Waals surface area contributed by atoms with Gasteiger partial charge in [0.1, 0.15) is 0 Å². The van der Waals surface area contributed by atoms with Crippen LogP contribution in [-0.4, -0.2) is 41.8 Å². The average molecular weight is 282 g/mol. The molecule has 5 heteroatoms. The fourth-order valence-corrected chi connectivity index (χ4v) is 3.29. The highest BCUT2D eigenvalue weighted by atomic mass is 32.1. The molecule has 2 amide bonds. The van der Waals surface area contributed by atoms with Gasteiger partial charge in [0.2, 0.25) is 0 Å². The van der Waals surface area contributed by atoms with Crippen molar-refractivity contribution in [1.29, 1.82) is 0 Å². The lowest BCUT2D eigenvalue weighted by Gasteiger charge is -2.28. The highest BCUT2D eigenvalue weighted by Crippen LogP contribution is 2.26. The third-order valence-corrected chi connectivity index (χ3v) is 4.95. The van der Waals surface area contributed by atoms with Gasteiger partial charge in [-0.25, -0.2) is 4.79 Å². The Kier molecular flexibility index (Phi) is 4.47. The first-order valence-corrected chi connectivity index (χ1v) is 7.62. The zero-order valence-corrected chi connectivity index (χ0v) is 12.4. The predicted octanol–water partition coefficient (Wildman–Crippen LogP) is 2.19. The number of rotatable bonds is 4. The van der Waals surface area contributed by atoms with E-state index in [9.17, 15) is 9.90 Å². The van der Waals surface area contributed by atoms with Crippen molar-refractivity contribution in [1.82, 2.24) is 10.2 Å². The van der Waals surface area contributed by atoms with Crippen LogP contribution in [0.25, 0.3) is 0 Å². The zero-order valence-electron chi connectivity index (χ0n) is 11.6. The van der Waals surface area contributed by atoms with E-state index >= 15 is 0 Å². The van der Waals surface area contributed by atoms with Crippen molar-refractivity contribution in [3.05, 3.63) is 22.4 Å². The molecular formula is C14H22N2O2S. The van der Waals surface area contributed by atoms with E-state index in [4.69, 9.17) is 0 Å². The molecule has 0 bridgehead atoms. The van der Waals surface area contributed by atoms with Crippen LogP contribution in [0.4, 0.5) is 4.79 Å². The summed E-state index contributed by atoms with van der Waals surface area (Å²) in [6, 6.07) is 4.07. The van der Waals surface area contributed by atoms with Crippen molar-refractivity contribution < 1.29 is 9.90 Å². The maximum atomic E-state index is 12.1. The molecule has 2 rings (SSSR count). The second-order valence-electron chi connectivity index (χ2n) is 5.69. The van der Waals surface area contributed by atoms with Gasteiger partial charge in [-0.15, -0.1) is 11.3 Å². The molecule has 0 radical (unpaired) electrons. The summed E-state index contributed by atoms with van der Waals surface area (Å²) in [7, 11) is 0. The first-order chi connectivity index (χ1) is 9.04. The molecule has 0 aliphatic carbocycles. The van der Waals surface area contributed by atoms with Crippen LogP contribution in [0.5, 0.6) is 0 Å². The minimum atomic E-state index is -0.0573. The molecule has 1 aromatic heterocycles. The van der Waals surface area contributed by atoms with E-state index in [-0.39, 0.29) is 24.1 Å². The van der Waals surface area contributed by atoms with Gasteiger partial charge in [0, 0.05) is 23.4 Å². The second kappa shape index (κ2) is 5.92. The molecule has 4 nitrogen and oxygen atoms in total. The summed E-state index contributed by atoms with van der Waals surface area (Å²) in [4.78, 5) is 15.2. The normalized spacial score (nSPS) is 19.7. The third-order valence-electron chi connectivity index (χ3n) is 3.72. The number of hydrogen-bond donors (Lipinski definition) is 2. The summed E-state index contributed by atoms with van der Waals surface area (Å²) < 4.78 is 0. The Hall–Kier alpha value is -1.07. The Morgan fingerprint density at radius 1 is 1.63 bits per heavy atom. The quantitative estimate of drug-likeness (QED) is 0.889. The lowest BCUT2D eigenvalue weighted by Crippen LogP contribution is -2.47. The van der Waals surface area contributed by atoms with Crippen molar-refractivity contribution in [3.8, 4) is 0 Å². The number of likely N-dealkylation sites (tertiary alicyclic amines) is 1. The van der Waals surface area contributed by atoms with Gasteiger partial charge in [0.15, 0.2) is 0 Å². The fourth-order valence-electron chi connectivity index (χ4n) is 2.44. The molecule has 0 saturated carbocycles. The van der Waals surface area contributed by atoms with Gasteiger partial charge in [-0.2, -0.15) is 0 Å². The molecule has 1 atom stereocenters. The molecule has 19 heavy (non-hydrogen) atoms. The largest absolute Gasteiger partial charge is 0.394 e. The molecule has 2 N–H and O–H groups in total. The first-order valence-electron chi connectivity index (χ1n) is 6.74. The van der Waals surface area contributed by atoms with Gasteiger partial charge in [-0.05, 0) is 24.3 Å². The van der Waals surface area contributed by atoms with E-state index in [1.807, 2.05) is 6.07 Å². The van der Waals surface area contributed by atoms with Crippen LogP contribution >= 0.6 is 11.3 Å². The molecule has 0 unspecified atom stereocenters. The van der Waals surface area contributed by atoms with Crippen LogP contribution in [0, 0.1) is 0 Å². The Bertz CT molecular complexity index is 417. The fraction of sp³-hybridized carbons (Fsp3) is 0.643. The van der Waals surface area contributed by atoms with Gasteiger partial charge < -0.3 is 15.3 Å². The number of aliphatic hydroxyl groups is 1. The van der Waals surface area contributed by atoms with Crippen LogP contribution in [0.1, 0.15) is 31.6 Å². The molecular weight excluding hydrogens is 260 g/mol. The van der Waals surface area contributed by atoms with E-state index in [2.05, 4.69) is 30.6 Å². The van der Waals surface area contributed by atoms with Gasteiger partial charge in [0.05, 0.1) is 12.6 Å². The summed E-state index contributed by atoms with van der Waals surface area (Å²) in [6.45, 7) is 5.68. The van der Waals surface area contributed by atoms with E-state index < -0.39 is 0 Å². The van der Waals surface area contributed by atoms with E-state index in [1.54, 1.807) is 16.2 Å². The van der Waals surface area contributed by atoms with E-state index in [0.29, 0.717) is 6.54 Å². The summed E-state index contributed by atoms with van der Waals surface area (Å²) in [5, 5.41) is 14.3. The number of hydrogen-bond acceptors (Lipinski definition) is 3. The third kappa shape index (κ3) is 3.28. The molecule has 2 heterocycles. The number of nitrogens with zero attached hydrogens (tertiary/aromatic N) is 1. The Labute approximate surface area is 118 Å². The monoisotopic (exact) mass is 282 g/mol. The first kappa shape index (κ1) is 14.3. The number of nitrogens with one attached hydrogen (secondary N) is 1. The zero-order chi connectivity index (χ0) is 13.9. The van der Waals surface area contributed by atoms with Crippen molar-refractivity contribution >= 4 is 17.4 Å². The van der Waals surface area contributed by atoms with Gasteiger partial charge >= 0.3 is 6.03 Å². The second-order valence-corrected chi connectivity index (χ2v) is 6.64.